The maximum atomic E-state index is 8.03. The lowest BCUT2D eigenvalue weighted by molar-refractivity contribution is 0.289. The zero-order chi connectivity index (χ0) is 4.12. The average Bonchev–Trinajstić information content (AvgIpc) is 1.41. The van der Waals surface area contributed by atoms with Crippen LogP contribution in [0.15, 0.2) is 0 Å². The van der Waals surface area contributed by atoms with Crippen LogP contribution >= 0.6 is 0 Å². The van der Waals surface area contributed by atoms with Crippen LogP contribution in [0.5, 0.6) is 0 Å². The Bertz CT molecular complexity index is 13.0. The summed E-state index contributed by atoms with van der Waals surface area (Å²) in [5.41, 5.74) is 0. The predicted molar refractivity (Wildman–Crippen MR) is 25.3 cm³/mol. The third-order valence-corrected chi connectivity index (χ3v) is 0.408. The third-order valence-electron chi connectivity index (χ3n) is 0.408. The smallest absolute Gasteiger partial charge is 0.0431 e. The van der Waals surface area contributed by atoms with E-state index in [-0.39, 0.29) is 12.1 Å². The summed E-state index contributed by atoms with van der Waals surface area (Å²) in [5, 5.41) is 8.03. The van der Waals surface area contributed by atoms with Gasteiger partial charge < -0.3 is 10.6 Å². The first-order valence-corrected chi connectivity index (χ1v) is 1.82. The van der Waals surface area contributed by atoms with E-state index >= 15 is 0 Å². The zero-order valence-electron chi connectivity index (χ0n) is 3.78. The molecule has 3 N–H and O–H groups in total. The van der Waals surface area contributed by atoms with Crippen molar-refractivity contribution in [1.82, 2.24) is 0 Å². The Kier molecular flexibility index (Phi) is 13.8. The van der Waals surface area contributed by atoms with Gasteiger partial charge in [0.2, 0.25) is 0 Å². The van der Waals surface area contributed by atoms with Crippen LogP contribution < -0.4 is 0 Å². The van der Waals surface area contributed by atoms with Crippen molar-refractivity contribution in [2.45, 2.75) is 12.8 Å². The minimum atomic E-state index is 0. The SMILES string of the molecule is O.[CH2]CCCO. The molecule has 0 spiro atoms. The van der Waals surface area contributed by atoms with Gasteiger partial charge in [-0.25, -0.2) is 0 Å². The Morgan fingerprint density at radius 3 is 2.00 bits per heavy atom. The van der Waals surface area contributed by atoms with E-state index in [4.69, 9.17) is 5.11 Å². The molecule has 0 aromatic rings. The first-order valence-electron chi connectivity index (χ1n) is 1.82. The molecular formula is C4H11O2. The first-order chi connectivity index (χ1) is 2.41. The largest absolute Gasteiger partial charge is 0.412 e. The van der Waals surface area contributed by atoms with Gasteiger partial charge in [-0.3, -0.25) is 0 Å². The van der Waals surface area contributed by atoms with Crippen LogP contribution in [0.1, 0.15) is 12.8 Å². The minimum absolute atomic E-state index is 0. The molecule has 0 fully saturated rings. The topological polar surface area (TPSA) is 51.7 Å². The molecule has 0 saturated carbocycles. The van der Waals surface area contributed by atoms with E-state index in [0.29, 0.717) is 0 Å². The summed E-state index contributed by atoms with van der Waals surface area (Å²) in [7, 11) is 0. The van der Waals surface area contributed by atoms with Gasteiger partial charge in [0.15, 0.2) is 0 Å². The molecule has 0 aliphatic heterocycles. The van der Waals surface area contributed by atoms with E-state index in [2.05, 4.69) is 6.92 Å². The van der Waals surface area contributed by atoms with Gasteiger partial charge in [-0.2, -0.15) is 0 Å². The van der Waals surface area contributed by atoms with Gasteiger partial charge in [-0.1, -0.05) is 13.3 Å². The molecule has 0 heterocycles. The van der Waals surface area contributed by atoms with Crippen molar-refractivity contribution in [3.05, 3.63) is 6.92 Å². The summed E-state index contributed by atoms with van der Waals surface area (Å²) in [4.78, 5) is 0. The van der Waals surface area contributed by atoms with Crippen molar-refractivity contribution < 1.29 is 10.6 Å². The van der Waals surface area contributed by atoms with Crippen molar-refractivity contribution in [2.24, 2.45) is 0 Å². The summed E-state index contributed by atoms with van der Waals surface area (Å²) < 4.78 is 0. The normalized spacial score (nSPS) is 7.00. The summed E-state index contributed by atoms with van der Waals surface area (Å²) in [6, 6.07) is 0. The standard InChI is InChI=1S/C4H9O.H2O/c1-2-3-4-5;/h5H,1-4H2;1H2. The quantitative estimate of drug-likeness (QED) is 0.501. The van der Waals surface area contributed by atoms with Crippen LogP contribution in [0.4, 0.5) is 0 Å². The van der Waals surface area contributed by atoms with Crippen molar-refractivity contribution >= 4 is 0 Å². The highest BCUT2D eigenvalue weighted by Gasteiger charge is 1.69. The van der Waals surface area contributed by atoms with E-state index in [1.807, 2.05) is 0 Å². The van der Waals surface area contributed by atoms with E-state index in [0.717, 1.165) is 12.8 Å². The van der Waals surface area contributed by atoms with Crippen molar-refractivity contribution in [3.63, 3.8) is 0 Å². The highest BCUT2D eigenvalue weighted by molar-refractivity contribution is 4.34. The van der Waals surface area contributed by atoms with Gasteiger partial charge in [0.25, 0.3) is 0 Å². The van der Waals surface area contributed by atoms with Crippen LogP contribution in [-0.4, -0.2) is 17.2 Å². The molecule has 0 aromatic heterocycles. The average molecular weight is 91.1 g/mol. The van der Waals surface area contributed by atoms with Gasteiger partial charge in [-0.05, 0) is 6.42 Å². The Balaban J connectivity index is 0. The number of hydrogen-bond donors (Lipinski definition) is 1. The summed E-state index contributed by atoms with van der Waals surface area (Å²) in [6.07, 6.45) is 1.68. The molecule has 0 amide bonds. The van der Waals surface area contributed by atoms with E-state index in [9.17, 15) is 0 Å². The minimum Gasteiger partial charge on any atom is -0.412 e. The van der Waals surface area contributed by atoms with E-state index < -0.39 is 0 Å². The zero-order valence-corrected chi connectivity index (χ0v) is 3.78. The molecule has 0 rings (SSSR count). The maximum Gasteiger partial charge on any atom is 0.0431 e. The molecule has 0 saturated heterocycles. The Hall–Kier alpha value is -0.0800. The van der Waals surface area contributed by atoms with Crippen molar-refractivity contribution in [2.75, 3.05) is 6.61 Å². The second kappa shape index (κ2) is 8.87. The van der Waals surface area contributed by atoms with Crippen LogP contribution in [0.3, 0.4) is 0 Å². The molecular weight excluding hydrogens is 80.0 g/mol. The van der Waals surface area contributed by atoms with Crippen molar-refractivity contribution in [3.8, 4) is 0 Å². The van der Waals surface area contributed by atoms with Crippen LogP contribution in [-0.2, 0) is 0 Å². The lowest BCUT2D eigenvalue weighted by Gasteiger charge is -1.79. The fraction of sp³-hybridized carbons (Fsp3) is 0.750. The Morgan fingerprint density at radius 1 is 1.50 bits per heavy atom. The lowest BCUT2D eigenvalue weighted by Crippen LogP contribution is -1.75. The van der Waals surface area contributed by atoms with Gasteiger partial charge in [0, 0.05) is 6.61 Å². The fourth-order valence-electron chi connectivity index (χ4n) is 0.112. The first kappa shape index (κ1) is 9.33. The second-order valence-corrected chi connectivity index (χ2v) is 0.931. The summed E-state index contributed by atoms with van der Waals surface area (Å²) in [6.45, 7) is 3.80. The summed E-state index contributed by atoms with van der Waals surface area (Å²) >= 11 is 0. The van der Waals surface area contributed by atoms with Gasteiger partial charge >= 0.3 is 0 Å². The van der Waals surface area contributed by atoms with Gasteiger partial charge in [0.05, 0.1) is 0 Å². The number of hydrogen-bond acceptors (Lipinski definition) is 1. The van der Waals surface area contributed by atoms with Gasteiger partial charge in [0.1, 0.15) is 0 Å². The maximum absolute atomic E-state index is 8.03. The molecule has 2 heteroatoms. The second-order valence-electron chi connectivity index (χ2n) is 0.931. The lowest BCUT2D eigenvalue weighted by atomic mass is 10.4. The van der Waals surface area contributed by atoms with Crippen LogP contribution in [0, 0.1) is 6.92 Å². The molecule has 39 valence electrons. The molecule has 0 bridgehead atoms. The highest BCUT2D eigenvalue weighted by Crippen LogP contribution is 1.78. The third kappa shape index (κ3) is 9.07. The Morgan fingerprint density at radius 2 is 2.00 bits per heavy atom. The number of rotatable bonds is 2. The molecule has 0 aliphatic rings. The number of aliphatic hydroxyl groups is 1. The predicted octanol–water partition coefficient (Wildman–Crippen LogP) is -0.232. The van der Waals surface area contributed by atoms with Crippen LogP contribution in [0.2, 0.25) is 0 Å². The monoisotopic (exact) mass is 91.1 g/mol. The number of unbranched alkanes of at least 4 members (excludes halogenated alkanes) is 1. The molecule has 0 unspecified atom stereocenters. The van der Waals surface area contributed by atoms with Crippen LogP contribution in [0.25, 0.3) is 0 Å². The highest BCUT2D eigenvalue weighted by atomic mass is 16.2. The molecule has 1 radical (unpaired) electrons. The van der Waals surface area contributed by atoms with E-state index in [1.165, 1.54) is 0 Å². The van der Waals surface area contributed by atoms with Crippen molar-refractivity contribution in [1.29, 1.82) is 0 Å². The molecule has 2 nitrogen and oxygen atoms in total. The Labute approximate surface area is 38.1 Å². The number of aliphatic hydroxyl groups excluding tert-OH is 1. The van der Waals surface area contributed by atoms with Gasteiger partial charge in [-0.15, -0.1) is 0 Å². The molecule has 0 aromatic carbocycles. The molecule has 0 atom stereocenters. The fourth-order valence-corrected chi connectivity index (χ4v) is 0.112. The summed E-state index contributed by atoms with van der Waals surface area (Å²) in [5.74, 6) is 0. The molecule has 0 aliphatic carbocycles. The molecule has 6 heavy (non-hydrogen) atoms. The van der Waals surface area contributed by atoms with E-state index in [1.54, 1.807) is 0 Å².